The molecule has 2 heterocycles. The minimum absolute atomic E-state index is 0.0281. The monoisotopic (exact) mass is 469 g/mol. The van der Waals surface area contributed by atoms with Crippen molar-refractivity contribution in [3.8, 4) is 23.1 Å². The lowest BCUT2D eigenvalue weighted by molar-refractivity contribution is -0.131. The van der Waals surface area contributed by atoms with Crippen LogP contribution < -0.4 is 24.3 Å². The minimum Gasteiger partial charge on any atom is -0.494 e. The summed E-state index contributed by atoms with van der Waals surface area (Å²) in [6, 6.07) is 7.46. The van der Waals surface area contributed by atoms with Gasteiger partial charge in [0.05, 0.1) is 34.0 Å². The maximum Gasteiger partial charge on any atom is 0.244 e. The van der Waals surface area contributed by atoms with Gasteiger partial charge in [-0.05, 0) is 43.4 Å². The van der Waals surface area contributed by atoms with Gasteiger partial charge in [-0.25, -0.2) is 4.98 Å². The Bertz CT molecular complexity index is 1020. The van der Waals surface area contributed by atoms with E-state index >= 15 is 0 Å². The van der Waals surface area contributed by atoms with Crippen LogP contribution in [-0.4, -0.2) is 62.2 Å². The van der Waals surface area contributed by atoms with Crippen molar-refractivity contribution in [1.82, 2.24) is 9.88 Å². The van der Waals surface area contributed by atoms with Crippen LogP contribution in [0.2, 0.25) is 0 Å². The Balaban J connectivity index is 1.43. The van der Waals surface area contributed by atoms with E-state index in [1.807, 2.05) is 18.2 Å². The van der Waals surface area contributed by atoms with Crippen LogP contribution in [0.5, 0.6) is 23.1 Å². The summed E-state index contributed by atoms with van der Waals surface area (Å²) < 4.78 is 22.2. The zero-order chi connectivity index (χ0) is 24.1. The van der Waals surface area contributed by atoms with Gasteiger partial charge in [0, 0.05) is 31.1 Å². The fourth-order valence-electron chi connectivity index (χ4n) is 4.59. The van der Waals surface area contributed by atoms with Gasteiger partial charge in [-0.1, -0.05) is 6.07 Å². The number of pyridine rings is 1. The van der Waals surface area contributed by atoms with E-state index in [2.05, 4.69) is 10.3 Å². The Kier molecular flexibility index (Phi) is 7.40. The molecule has 9 nitrogen and oxygen atoms in total. The zero-order valence-corrected chi connectivity index (χ0v) is 19.8. The van der Waals surface area contributed by atoms with Gasteiger partial charge in [-0.15, -0.1) is 0 Å². The molecule has 1 aliphatic heterocycles. The first-order valence-corrected chi connectivity index (χ1v) is 11.5. The lowest BCUT2D eigenvalue weighted by Gasteiger charge is -2.19. The maximum atomic E-state index is 12.7. The summed E-state index contributed by atoms with van der Waals surface area (Å²) in [4.78, 5) is 31.1. The number of amides is 2. The number of hydrogen-bond acceptors (Lipinski definition) is 7. The van der Waals surface area contributed by atoms with Crippen LogP contribution in [-0.2, 0) is 9.59 Å². The second-order valence-electron chi connectivity index (χ2n) is 8.56. The molecule has 1 N–H and O–H groups in total. The van der Waals surface area contributed by atoms with Crippen molar-refractivity contribution in [2.24, 2.45) is 0 Å². The molecule has 1 aliphatic carbocycles. The van der Waals surface area contributed by atoms with Gasteiger partial charge in [0.15, 0.2) is 11.5 Å². The molecule has 182 valence electrons. The highest BCUT2D eigenvalue weighted by molar-refractivity contribution is 5.97. The van der Waals surface area contributed by atoms with E-state index in [1.165, 1.54) is 33.3 Å². The van der Waals surface area contributed by atoms with Gasteiger partial charge >= 0.3 is 0 Å². The first-order chi connectivity index (χ1) is 16.5. The fourth-order valence-corrected chi connectivity index (χ4v) is 4.59. The highest BCUT2D eigenvalue weighted by atomic mass is 16.5. The summed E-state index contributed by atoms with van der Waals surface area (Å²) in [6.07, 6.45) is 6.52. The Morgan fingerprint density at radius 2 is 1.82 bits per heavy atom. The molecule has 2 aromatic rings. The van der Waals surface area contributed by atoms with Crippen LogP contribution in [0.3, 0.4) is 0 Å². The molecule has 1 saturated carbocycles. The molecule has 0 spiro atoms. The first kappa shape index (κ1) is 23.7. The second kappa shape index (κ2) is 10.6. The molecule has 0 radical (unpaired) electrons. The van der Waals surface area contributed by atoms with Crippen molar-refractivity contribution in [2.75, 3.05) is 39.7 Å². The number of aromatic nitrogens is 1. The molecule has 4 rings (SSSR count). The third kappa shape index (κ3) is 5.18. The predicted octanol–water partition coefficient (Wildman–Crippen LogP) is 3.38. The summed E-state index contributed by atoms with van der Waals surface area (Å²) in [7, 11) is 4.59. The van der Waals surface area contributed by atoms with Crippen LogP contribution in [0.4, 0.5) is 5.69 Å². The molecule has 0 bridgehead atoms. The average molecular weight is 470 g/mol. The van der Waals surface area contributed by atoms with Crippen molar-refractivity contribution in [1.29, 1.82) is 0 Å². The smallest absolute Gasteiger partial charge is 0.244 e. The fraction of sp³-hybridized carbons (Fsp3) is 0.480. The molecular formula is C25H31N3O6. The number of carbonyl (C=O) groups excluding carboxylic acids is 2. The number of ether oxygens (including phenoxy) is 4. The molecule has 1 aromatic heterocycles. The van der Waals surface area contributed by atoms with Gasteiger partial charge in [0.25, 0.3) is 0 Å². The summed E-state index contributed by atoms with van der Waals surface area (Å²) >= 11 is 0. The van der Waals surface area contributed by atoms with Gasteiger partial charge < -0.3 is 29.2 Å². The quantitative estimate of drug-likeness (QED) is 0.601. The minimum atomic E-state index is -0.349. The van der Waals surface area contributed by atoms with Crippen molar-refractivity contribution in [3.63, 3.8) is 0 Å². The number of benzene rings is 1. The van der Waals surface area contributed by atoms with Crippen LogP contribution in [0.1, 0.15) is 43.6 Å². The Labute approximate surface area is 199 Å². The van der Waals surface area contributed by atoms with Crippen LogP contribution in [0.15, 0.2) is 30.5 Å². The standard InChI is InChI=1S/C25H31N3O6/c1-31-19-9-8-16(12-21(19)34-18-6-4-5-7-18)17-13-23(30)28(14-17)15-22(29)27-24-20(32-2)10-11-26-25(24)33-3/h8-12,17-18H,4-7,13-15H2,1-3H3,(H,27,29). The third-order valence-corrected chi connectivity index (χ3v) is 6.36. The van der Waals surface area contributed by atoms with E-state index in [0.717, 1.165) is 18.4 Å². The Hall–Kier alpha value is -3.49. The van der Waals surface area contributed by atoms with Crippen LogP contribution in [0.25, 0.3) is 0 Å². The van der Waals surface area contributed by atoms with E-state index in [4.69, 9.17) is 18.9 Å². The molecule has 1 aromatic carbocycles. The van der Waals surface area contributed by atoms with E-state index in [0.29, 0.717) is 35.9 Å². The topological polar surface area (TPSA) is 99.2 Å². The maximum absolute atomic E-state index is 12.7. The van der Waals surface area contributed by atoms with E-state index in [-0.39, 0.29) is 36.3 Å². The summed E-state index contributed by atoms with van der Waals surface area (Å²) in [6.45, 7) is 0.376. The molecule has 34 heavy (non-hydrogen) atoms. The third-order valence-electron chi connectivity index (χ3n) is 6.36. The van der Waals surface area contributed by atoms with Crippen molar-refractivity contribution < 1.29 is 28.5 Å². The SMILES string of the molecule is COc1ccc(C2CC(=O)N(CC(=O)Nc3c(OC)ccnc3OC)C2)cc1OC1CCCC1. The number of methoxy groups -OCH3 is 3. The van der Waals surface area contributed by atoms with E-state index in [9.17, 15) is 9.59 Å². The van der Waals surface area contributed by atoms with Crippen molar-refractivity contribution in [3.05, 3.63) is 36.0 Å². The number of carbonyl (C=O) groups is 2. The summed E-state index contributed by atoms with van der Waals surface area (Å²) in [5.41, 5.74) is 1.34. The van der Waals surface area contributed by atoms with Gasteiger partial charge in [-0.2, -0.15) is 0 Å². The molecule has 1 atom stereocenters. The number of hydrogen-bond donors (Lipinski definition) is 1. The average Bonchev–Trinajstić information content (AvgIpc) is 3.49. The molecule has 2 aliphatic rings. The van der Waals surface area contributed by atoms with Crippen LogP contribution >= 0.6 is 0 Å². The molecule has 9 heteroatoms. The number of likely N-dealkylation sites (tertiary alicyclic amines) is 1. The largest absolute Gasteiger partial charge is 0.494 e. The molecule has 1 unspecified atom stereocenters. The zero-order valence-electron chi connectivity index (χ0n) is 19.8. The highest BCUT2D eigenvalue weighted by Gasteiger charge is 2.33. The van der Waals surface area contributed by atoms with E-state index < -0.39 is 0 Å². The number of anilines is 1. The van der Waals surface area contributed by atoms with Gasteiger partial charge in [-0.3, -0.25) is 9.59 Å². The van der Waals surface area contributed by atoms with Gasteiger partial charge in [0.2, 0.25) is 17.7 Å². The lowest BCUT2D eigenvalue weighted by Crippen LogP contribution is -2.34. The molecule has 2 fully saturated rings. The van der Waals surface area contributed by atoms with Crippen LogP contribution in [0, 0.1) is 0 Å². The Morgan fingerprint density at radius 1 is 1.06 bits per heavy atom. The number of rotatable bonds is 9. The van der Waals surface area contributed by atoms with Crippen molar-refractivity contribution in [2.45, 2.75) is 44.1 Å². The first-order valence-electron chi connectivity index (χ1n) is 11.5. The molecule has 2 amide bonds. The highest BCUT2D eigenvalue weighted by Crippen LogP contribution is 2.37. The van der Waals surface area contributed by atoms with E-state index in [1.54, 1.807) is 18.1 Å². The predicted molar refractivity (Wildman–Crippen MR) is 126 cm³/mol. The van der Waals surface area contributed by atoms with Crippen molar-refractivity contribution >= 4 is 17.5 Å². The molecule has 1 saturated heterocycles. The number of nitrogens with zero attached hydrogens (tertiary/aromatic N) is 2. The summed E-state index contributed by atoms with van der Waals surface area (Å²) in [5.74, 6) is 1.63. The molecular weight excluding hydrogens is 438 g/mol. The number of nitrogens with one attached hydrogen (secondary N) is 1. The lowest BCUT2D eigenvalue weighted by atomic mass is 9.98. The Morgan fingerprint density at radius 3 is 2.53 bits per heavy atom. The van der Waals surface area contributed by atoms with Gasteiger partial charge in [0.1, 0.15) is 11.4 Å². The normalized spacial score (nSPS) is 18.1. The second-order valence-corrected chi connectivity index (χ2v) is 8.56. The summed E-state index contributed by atoms with van der Waals surface area (Å²) in [5, 5.41) is 2.77.